The van der Waals surface area contributed by atoms with Gasteiger partial charge in [0.1, 0.15) is 6.10 Å². The van der Waals surface area contributed by atoms with E-state index < -0.39 is 12.0 Å². The highest BCUT2D eigenvalue weighted by Gasteiger charge is 2.23. The first-order chi connectivity index (χ1) is 5.22. The number of hydrogen-bond donors (Lipinski definition) is 2. The van der Waals surface area contributed by atoms with Crippen molar-refractivity contribution in [3.05, 3.63) is 12.2 Å². The van der Waals surface area contributed by atoms with Crippen LogP contribution >= 0.6 is 0 Å². The third kappa shape index (κ3) is 2.05. The van der Waals surface area contributed by atoms with E-state index in [1.165, 1.54) is 0 Å². The van der Waals surface area contributed by atoms with Crippen molar-refractivity contribution in [3.8, 4) is 0 Å². The highest BCUT2D eigenvalue weighted by Crippen LogP contribution is 2.21. The van der Waals surface area contributed by atoms with Gasteiger partial charge in [-0.15, -0.1) is 0 Å². The normalized spacial score (nSPS) is 26.5. The van der Waals surface area contributed by atoms with Crippen LogP contribution in [0, 0.1) is 5.92 Å². The number of carbonyl (C=O) groups is 1. The molecule has 0 radical (unpaired) electrons. The molecule has 3 nitrogen and oxygen atoms in total. The van der Waals surface area contributed by atoms with Crippen LogP contribution in [0.2, 0.25) is 0 Å². The van der Waals surface area contributed by atoms with Crippen molar-refractivity contribution in [3.63, 3.8) is 0 Å². The molecule has 3 heteroatoms. The molecule has 0 aromatic rings. The number of aliphatic hydroxyl groups excluding tert-OH is 1. The largest absolute Gasteiger partial charge is 0.383 e. The zero-order valence-electron chi connectivity index (χ0n) is 6.36. The van der Waals surface area contributed by atoms with Gasteiger partial charge < -0.3 is 10.8 Å². The van der Waals surface area contributed by atoms with E-state index in [9.17, 15) is 9.90 Å². The van der Waals surface area contributed by atoms with Crippen LogP contribution in [0.5, 0.6) is 0 Å². The van der Waals surface area contributed by atoms with Crippen LogP contribution in [0.4, 0.5) is 0 Å². The Balaban J connectivity index is 2.46. The minimum atomic E-state index is -0.958. The molecule has 2 unspecified atom stereocenters. The summed E-state index contributed by atoms with van der Waals surface area (Å²) in [6.45, 7) is 0. The zero-order chi connectivity index (χ0) is 8.27. The van der Waals surface area contributed by atoms with Crippen LogP contribution in [-0.4, -0.2) is 17.1 Å². The maximum atomic E-state index is 10.5. The third-order valence-corrected chi connectivity index (χ3v) is 2.05. The lowest BCUT2D eigenvalue weighted by Crippen LogP contribution is -2.35. The standard InChI is InChI=1S/C8H13NO2/c9-8(11)7(10)6-4-2-1-3-5-6/h1-2,6-7,10H,3-5H2,(H2,9,11). The molecule has 1 rings (SSSR count). The Morgan fingerprint density at radius 1 is 1.64 bits per heavy atom. The molecule has 62 valence electrons. The monoisotopic (exact) mass is 155 g/mol. The number of amides is 1. The smallest absolute Gasteiger partial charge is 0.246 e. The number of carbonyl (C=O) groups excluding carboxylic acids is 1. The summed E-state index contributed by atoms with van der Waals surface area (Å²) in [6, 6.07) is 0. The summed E-state index contributed by atoms with van der Waals surface area (Å²) < 4.78 is 0. The first-order valence-corrected chi connectivity index (χ1v) is 3.84. The van der Waals surface area contributed by atoms with Crippen LogP contribution in [-0.2, 0) is 4.79 Å². The van der Waals surface area contributed by atoms with E-state index in [1.54, 1.807) is 0 Å². The predicted molar refractivity (Wildman–Crippen MR) is 41.7 cm³/mol. The first kappa shape index (κ1) is 8.27. The van der Waals surface area contributed by atoms with Crippen molar-refractivity contribution >= 4 is 5.91 Å². The average molecular weight is 155 g/mol. The van der Waals surface area contributed by atoms with Crippen molar-refractivity contribution in [2.45, 2.75) is 25.4 Å². The van der Waals surface area contributed by atoms with Gasteiger partial charge in [-0.3, -0.25) is 4.79 Å². The van der Waals surface area contributed by atoms with Crippen molar-refractivity contribution in [1.29, 1.82) is 0 Å². The molecule has 0 saturated heterocycles. The number of hydrogen-bond acceptors (Lipinski definition) is 2. The molecule has 0 aliphatic heterocycles. The molecular weight excluding hydrogens is 142 g/mol. The molecule has 0 heterocycles. The van der Waals surface area contributed by atoms with Gasteiger partial charge in [-0.2, -0.15) is 0 Å². The maximum absolute atomic E-state index is 10.5. The van der Waals surface area contributed by atoms with E-state index >= 15 is 0 Å². The van der Waals surface area contributed by atoms with Crippen molar-refractivity contribution in [2.24, 2.45) is 11.7 Å². The fraction of sp³-hybridized carbons (Fsp3) is 0.625. The lowest BCUT2D eigenvalue weighted by atomic mass is 9.89. The maximum Gasteiger partial charge on any atom is 0.246 e. The lowest BCUT2D eigenvalue weighted by molar-refractivity contribution is -0.128. The van der Waals surface area contributed by atoms with E-state index in [0.717, 1.165) is 19.3 Å². The molecule has 1 aliphatic carbocycles. The SMILES string of the molecule is NC(=O)C(O)C1CC=CCC1. The van der Waals surface area contributed by atoms with Gasteiger partial charge in [0.2, 0.25) is 5.91 Å². The number of rotatable bonds is 2. The zero-order valence-corrected chi connectivity index (χ0v) is 6.36. The molecule has 11 heavy (non-hydrogen) atoms. The van der Waals surface area contributed by atoms with Gasteiger partial charge in [0.25, 0.3) is 0 Å². The van der Waals surface area contributed by atoms with Gasteiger partial charge in [0.15, 0.2) is 0 Å². The summed E-state index contributed by atoms with van der Waals surface area (Å²) in [6.07, 6.45) is 5.66. The van der Waals surface area contributed by atoms with Crippen molar-refractivity contribution < 1.29 is 9.90 Å². The third-order valence-electron chi connectivity index (χ3n) is 2.05. The van der Waals surface area contributed by atoms with Gasteiger partial charge in [-0.25, -0.2) is 0 Å². The molecule has 0 bridgehead atoms. The fourth-order valence-corrected chi connectivity index (χ4v) is 1.34. The lowest BCUT2D eigenvalue weighted by Gasteiger charge is -2.20. The summed E-state index contributed by atoms with van der Waals surface area (Å²) >= 11 is 0. The molecule has 1 amide bonds. The summed E-state index contributed by atoms with van der Waals surface area (Å²) in [5, 5.41) is 9.24. The average Bonchev–Trinajstić information content (AvgIpc) is 2.05. The molecule has 0 spiro atoms. The predicted octanol–water partition coefficient (Wildman–Crippen LogP) is 0.189. The quantitative estimate of drug-likeness (QED) is 0.559. The second kappa shape index (κ2) is 3.53. The van der Waals surface area contributed by atoms with Gasteiger partial charge in [-0.1, -0.05) is 12.2 Å². The van der Waals surface area contributed by atoms with Crippen LogP contribution < -0.4 is 5.73 Å². The number of aliphatic hydroxyl groups is 1. The van der Waals surface area contributed by atoms with Crippen molar-refractivity contribution in [2.75, 3.05) is 0 Å². The molecular formula is C8H13NO2. The molecule has 0 aromatic carbocycles. The van der Waals surface area contributed by atoms with E-state index in [-0.39, 0.29) is 5.92 Å². The second-order valence-corrected chi connectivity index (χ2v) is 2.89. The Labute approximate surface area is 65.9 Å². The molecule has 3 N–H and O–H groups in total. The molecule has 0 saturated carbocycles. The topological polar surface area (TPSA) is 63.3 Å². The van der Waals surface area contributed by atoms with E-state index in [1.807, 2.05) is 6.08 Å². The minimum absolute atomic E-state index is 0.0394. The Kier molecular flexibility index (Phi) is 2.65. The van der Waals surface area contributed by atoms with E-state index in [4.69, 9.17) is 5.73 Å². The number of nitrogens with two attached hydrogens (primary N) is 1. The van der Waals surface area contributed by atoms with Crippen LogP contribution in [0.15, 0.2) is 12.2 Å². The molecule has 2 atom stereocenters. The summed E-state index contributed by atoms with van der Waals surface area (Å²) in [7, 11) is 0. The molecule has 0 fully saturated rings. The van der Waals surface area contributed by atoms with Crippen LogP contribution in [0.3, 0.4) is 0 Å². The van der Waals surface area contributed by atoms with Gasteiger partial charge in [-0.05, 0) is 25.2 Å². The Morgan fingerprint density at radius 3 is 2.82 bits per heavy atom. The summed E-state index contributed by atoms with van der Waals surface area (Å²) in [5.41, 5.74) is 4.95. The molecule has 0 aromatic heterocycles. The Hall–Kier alpha value is -0.830. The Bertz CT molecular complexity index is 177. The highest BCUT2D eigenvalue weighted by atomic mass is 16.3. The summed E-state index contributed by atoms with van der Waals surface area (Å²) in [4.78, 5) is 10.5. The van der Waals surface area contributed by atoms with E-state index in [2.05, 4.69) is 6.08 Å². The minimum Gasteiger partial charge on any atom is -0.383 e. The fourth-order valence-electron chi connectivity index (χ4n) is 1.34. The second-order valence-electron chi connectivity index (χ2n) is 2.89. The first-order valence-electron chi connectivity index (χ1n) is 3.84. The number of allylic oxidation sites excluding steroid dienone is 2. The summed E-state index contributed by atoms with van der Waals surface area (Å²) in [5.74, 6) is -0.567. The Morgan fingerprint density at radius 2 is 2.36 bits per heavy atom. The van der Waals surface area contributed by atoms with Crippen LogP contribution in [0.1, 0.15) is 19.3 Å². The van der Waals surface area contributed by atoms with Gasteiger partial charge in [0, 0.05) is 0 Å². The van der Waals surface area contributed by atoms with Crippen LogP contribution in [0.25, 0.3) is 0 Å². The number of primary amides is 1. The highest BCUT2D eigenvalue weighted by molar-refractivity contribution is 5.78. The van der Waals surface area contributed by atoms with Gasteiger partial charge >= 0.3 is 0 Å². The molecule has 1 aliphatic rings. The van der Waals surface area contributed by atoms with Crippen molar-refractivity contribution in [1.82, 2.24) is 0 Å². The van der Waals surface area contributed by atoms with E-state index in [0.29, 0.717) is 0 Å². The van der Waals surface area contributed by atoms with Gasteiger partial charge in [0.05, 0.1) is 0 Å².